The van der Waals surface area contributed by atoms with E-state index in [1.54, 1.807) is 36.7 Å². The van der Waals surface area contributed by atoms with Gasteiger partial charge < -0.3 is 41.9 Å². The number of aromatic hydroxyl groups is 1. The van der Waals surface area contributed by atoms with Crippen molar-refractivity contribution < 1.29 is 9.90 Å². The van der Waals surface area contributed by atoms with Gasteiger partial charge in [-0.3, -0.25) is 9.78 Å². The molecule has 2 atom stereocenters. The Morgan fingerprint density at radius 2 is 1.48 bits per heavy atom. The minimum atomic E-state index is -0.310. The van der Waals surface area contributed by atoms with E-state index in [0.717, 1.165) is 43.9 Å². The fourth-order valence-electron chi connectivity index (χ4n) is 5.50. The number of nitrogens with two attached hydrogens (primary N) is 2. The number of nitrogens with zero attached hydrogens (tertiary/aromatic N) is 7. The molecule has 2 aliphatic rings. The van der Waals surface area contributed by atoms with Gasteiger partial charge >= 0.3 is 0 Å². The van der Waals surface area contributed by atoms with Gasteiger partial charge in [-0.25, -0.2) is 0 Å². The molecule has 4 aromatic rings. The van der Waals surface area contributed by atoms with Crippen LogP contribution in [0.15, 0.2) is 67.0 Å². The molecular weight excluding hydrogens is 558 g/mol. The molecule has 2 aromatic carbocycles. The number of piperazine rings is 1. The van der Waals surface area contributed by atoms with Gasteiger partial charge in [-0.2, -0.15) is 15.0 Å². The second kappa shape index (κ2) is 12.7. The second-order valence-corrected chi connectivity index (χ2v) is 11.3. The summed E-state index contributed by atoms with van der Waals surface area (Å²) in [6, 6.07) is 16.0. The van der Waals surface area contributed by atoms with Gasteiger partial charge in [0.15, 0.2) is 0 Å². The number of rotatable bonds is 7. The van der Waals surface area contributed by atoms with E-state index < -0.39 is 0 Å². The van der Waals surface area contributed by atoms with E-state index in [0.29, 0.717) is 47.9 Å². The number of phenolic OH excluding ortho intramolecular Hbond substituents is 1. The monoisotopic (exact) mass is 595 g/mol. The van der Waals surface area contributed by atoms with Gasteiger partial charge in [0, 0.05) is 86.8 Å². The molecule has 0 saturated carbocycles. The molecule has 1 amide bonds. The zero-order chi connectivity index (χ0) is 30.6. The number of carbonyl (C=O) groups is 1. The fraction of sp³-hybridized carbons (Fsp3) is 0.323. The third-order valence-electron chi connectivity index (χ3n) is 7.82. The van der Waals surface area contributed by atoms with Crippen molar-refractivity contribution in [3.63, 3.8) is 0 Å². The average molecular weight is 596 g/mol. The number of nitrogens with one attached hydrogen (secondary N) is 2. The van der Waals surface area contributed by atoms with Crippen LogP contribution < -0.4 is 36.8 Å². The van der Waals surface area contributed by atoms with Gasteiger partial charge in [-0.15, -0.1) is 0 Å². The van der Waals surface area contributed by atoms with E-state index in [9.17, 15) is 9.90 Å². The Balaban J connectivity index is 1.22. The summed E-state index contributed by atoms with van der Waals surface area (Å²) in [6.07, 6.45) is 4.34. The van der Waals surface area contributed by atoms with Gasteiger partial charge in [0.25, 0.3) is 5.91 Å². The Hall–Kier alpha value is -5.01. The van der Waals surface area contributed by atoms with Crippen molar-refractivity contribution in [2.75, 3.05) is 64.6 Å². The van der Waals surface area contributed by atoms with E-state index in [4.69, 9.17) is 26.4 Å². The van der Waals surface area contributed by atoms with E-state index in [1.807, 2.05) is 36.1 Å². The maximum Gasteiger partial charge on any atom is 0.255 e. The number of aromatic nitrogens is 4. The Bertz CT molecular complexity index is 1580. The lowest BCUT2D eigenvalue weighted by atomic mass is 10.0. The summed E-state index contributed by atoms with van der Waals surface area (Å²) in [7, 11) is 0. The summed E-state index contributed by atoms with van der Waals surface area (Å²) in [6.45, 7) is 6.18. The summed E-state index contributed by atoms with van der Waals surface area (Å²) < 4.78 is 0. The Morgan fingerprint density at radius 3 is 2.14 bits per heavy atom. The third kappa shape index (κ3) is 6.79. The predicted octanol–water partition coefficient (Wildman–Crippen LogP) is 2.47. The van der Waals surface area contributed by atoms with Gasteiger partial charge in [0.05, 0.1) is 5.69 Å². The average Bonchev–Trinajstić information content (AvgIpc) is 3.02. The van der Waals surface area contributed by atoms with Crippen molar-refractivity contribution in [1.82, 2.24) is 19.9 Å². The van der Waals surface area contributed by atoms with Crippen molar-refractivity contribution in [3.05, 3.63) is 78.1 Å². The second-order valence-electron chi connectivity index (χ2n) is 11.3. The molecule has 4 heterocycles. The molecule has 2 aliphatic heterocycles. The van der Waals surface area contributed by atoms with Crippen LogP contribution in [0, 0.1) is 6.92 Å². The summed E-state index contributed by atoms with van der Waals surface area (Å²) in [4.78, 5) is 37.6. The Labute approximate surface area is 255 Å². The van der Waals surface area contributed by atoms with Crippen molar-refractivity contribution in [2.45, 2.75) is 25.4 Å². The highest BCUT2D eigenvalue weighted by Gasteiger charge is 2.27. The van der Waals surface area contributed by atoms with Crippen molar-refractivity contribution in [1.29, 1.82) is 0 Å². The number of hydrogen-bond acceptors (Lipinski definition) is 12. The summed E-state index contributed by atoms with van der Waals surface area (Å²) >= 11 is 0. The maximum absolute atomic E-state index is 12.7. The molecule has 13 nitrogen and oxygen atoms in total. The minimum absolute atomic E-state index is 0.0844. The number of benzene rings is 2. The zero-order valence-corrected chi connectivity index (χ0v) is 24.6. The molecule has 0 spiro atoms. The normalized spacial score (nSPS) is 18.7. The van der Waals surface area contributed by atoms with Crippen molar-refractivity contribution in [3.8, 4) is 5.75 Å². The van der Waals surface area contributed by atoms with Gasteiger partial charge in [0.2, 0.25) is 17.8 Å². The van der Waals surface area contributed by atoms with Crippen LogP contribution in [-0.2, 0) is 0 Å². The summed E-state index contributed by atoms with van der Waals surface area (Å²) in [5, 5.41) is 16.7. The topological polar surface area (TPSA) is 175 Å². The molecule has 6 rings (SSSR count). The molecule has 2 aromatic heterocycles. The first kappa shape index (κ1) is 29.1. The molecule has 7 N–H and O–H groups in total. The van der Waals surface area contributed by atoms with Crippen LogP contribution in [0.5, 0.6) is 5.75 Å². The first-order valence-electron chi connectivity index (χ1n) is 14.7. The lowest BCUT2D eigenvalue weighted by Gasteiger charge is -2.37. The number of phenols is 1. The van der Waals surface area contributed by atoms with Gasteiger partial charge in [-0.1, -0.05) is 17.7 Å². The molecule has 0 unspecified atom stereocenters. The smallest absolute Gasteiger partial charge is 0.255 e. The lowest BCUT2D eigenvalue weighted by Crippen LogP contribution is -2.53. The molecule has 0 radical (unpaired) electrons. The molecule has 2 fully saturated rings. The fourth-order valence-corrected chi connectivity index (χ4v) is 5.50. The Kier molecular flexibility index (Phi) is 8.39. The lowest BCUT2D eigenvalue weighted by molar-refractivity contribution is 0.102. The van der Waals surface area contributed by atoms with Gasteiger partial charge in [0.1, 0.15) is 5.75 Å². The maximum atomic E-state index is 12.7. The molecular formula is C31H37N11O2. The summed E-state index contributed by atoms with van der Waals surface area (Å²) in [5.41, 5.74) is 16.1. The summed E-state index contributed by atoms with van der Waals surface area (Å²) in [5.74, 6) is 0.960. The van der Waals surface area contributed by atoms with Crippen LogP contribution in [0.3, 0.4) is 0 Å². The quantitative estimate of drug-likeness (QED) is 0.198. The number of aryl methyl sites for hydroxylation is 1. The van der Waals surface area contributed by atoms with Crippen molar-refractivity contribution in [2.24, 2.45) is 11.5 Å². The zero-order valence-electron chi connectivity index (χ0n) is 24.6. The van der Waals surface area contributed by atoms with E-state index in [2.05, 4.69) is 25.4 Å². The Morgan fingerprint density at radius 1 is 0.841 bits per heavy atom. The standard InChI is InChI=1S/C31H37N11O2/c1-20-2-4-21(5-3-20)28(44)36-26-7-6-24(17-27(26)43)35-29-37-30(39-31(38-29)42-18-22(32)16-23(33)19-42)41-14-12-40(13-15-41)25-8-10-34-11-9-25/h2-11,17,22-23,43H,12-16,18-19,32-33H2,1H3,(H,36,44)(H,35,37,38,39)/t22-,23+. The number of pyridine rings is 1. The number of amides is 1. The molecule has 0 aliphatic carbocycles. The van der Waals surface area contributed by atoms with Crippen LogP contribution in [0.1, 0.15) is 22.3 Å². The highest BCUT2D eigenvalue weighted by molar-refractivity contribution is 6.05. The van der Waals surface area contributed by atoms with Gasteiger partial charge in [-0.05, 0) is 49.7 Å². The minimum Gasteiger partial charge on any atom is -0.506 e. The first-order valence-corrected chi connectivity index (χ1v) is 14.7. The van der Waals surface area contributed by atoms with Crippen LogP contribution in [0.25, 0.3) is 0 Å². The third-order valence-corrected chi connectivity index (χ3v) is 7.82. The highest BCUT2D eigenvalue weighted by atomic mass is 16.3. The van der Waals surface area contributed by atoms with Crippen LogP contribution >= 0.6 is 0 Å². The first-order chi connectivity index (χ1) is 21.3. The number of piperidine rings is 1. The molecule has 0 bridgehead atoms. The highest BCUT2D eigenvalue weighted by Crippen LogP contribution is 2.30. The number of carbonyl (C=O) groups excluding carboxylic acids is 1. The van der Waals surface area contributed by atoms with Crippen LogP contribution in [0.4, 0.5) is 34.9 Å². The molecule has 44 heavy (non-hydrogen) atoms. The van der Waals surface area contributed by atoms with E-state index in [-0.39, 0.29) is 23.7 Å². The SMILES string of the molecule is Cc1ccc(C(=O)Nc2ccc(Nc3nc(N4CCN(c5ccncc5)CC4)nc(N4C[C@H](N)C[C@H](N)C4)n3)cc2O)cc1. The number of hydrogen-bond donors (Lipinski definition) is 5. The van der Waals surface area contributed by atoms with Crippen LogP contribution in [0.2, 0.25) is 0 Å². The van der Waals surface area contributed by atoms with E-state index >= 15 is 0 Å². The van der Waals surface area contributed by atoms with Crippen molar-refractivity contribution >= 4 is 40.8 Å². The largest absolute Gasteiger partial charge is 0.506 e. The van der Waals surface area contributed by atoms with Crippen LogP contribution in [-0.4, -0.2) is 82.3 Å². The molecule has 228 valence electrons. The molecule has 2 saturated heterocycles. The van der Waals surface area contributed by atoms with E-state index in [1.165, 1.54) is 6.07 Å². The predicted molar refractivity (Wildman–Crippen MR) is 172 cm³/mol. The number of anilines is 6. The molecule has 13 heteroatoms.